The zero-order valence-corrected chi connectivity index (χ0v) is 11.2. The first-order valence-corrected chi connectivity index (χ1v) is 5.61. The van der Waals surface area contributed by atoms with E-state index in [1.807, 2.05) is 27.8 Å². The van der Waals surface area contributed by atoms with E-state index >= 15 is 0 Å². The number of aromatic nitrogens is 1. The van der Waals surface area contributed by atoms with Gasteiger partial charge in [-0.2, -0.15) is 5.26 Å². The molecule has 1 heterocycles. The van der Waals surface area contributed by atoms with Crippen molar-refractivity contribution in [2.75, 3.05) is 7.05 Å². The van der Waals surface area contributed by atoms with E-state index in [0.29, 0.717) is 5.56 Å². The molecule has 0 bridgehead atoms. The highest BCUT2D eigenvalue weighted by atomic mass is 17.1. The fourth-order valence-corrected chi connectivity index (χ4v) is 1.28. The number of hydrogen-bond donors (Lipinski definition) is 3. The molecular formula is C11H19N3O4. The van der Waals surface area contributed by atoms with Crippen molar-refractivity contribution in [2.45, 2.75) is 39.3 Å². The van der Waals surface area contributed by atoms with Crippen LogP contribution in [-0.2, 0) is 0 Å². The Morgan fingerprint density at radius 1 is 1.56 bits per heavy atom. The highest BCUT2D eigenvalue weighted by molar-refractivity contribution is 5.94. The summed E-state index contributed by atoms with van der Waals surface area (Å²) in [6.45, 7) is 7.39. The average Bonchev–Trinajstić information content (AvgIpc) is 2.70. The maximum Gasteiger partial charge on any atom is 0.350 e. The van der Waals surface area contributed by atoms with Crippen molar-refractivity contribution in [3.63, 3.8) is 0 Å². The lowest BCUT2D eigenvalue weighted by Gasteiger charge is -2.31. The first-order valence-electron chi connectivity index (χ1n) is 5.61. The van der Waals surface area contributed by atoms with Crippen LogP contribution in [0.1, 0.15) is 36.8 Å². The molecule has 0 aliphatic carbocycles. The van der Waals surface area contributed by atoms with Gasteiger partial charge in [0.2, 0.25) is 0 Å². The molecule has 18 heavy (non-hydrogen) atoms. The van der Waals surface area contributed by atoms with Gasteiger partial charge in [0.25, 0.3) is 5.91 Å². The van der Waals surface area contributed by atoms with Gasteiger partial charge in [0.05, 0.1) is 5.56 Å². The number of nitrogens with zero attached hydrogens (tertiary/aromatic N) is 1. The first-order chi connectivity index (χ1) is 8.33. The number of amides is 1. The summed E-state index contributed by atoms with van der Waals surface area (Å²) < 4.78 is 4.66. The Balaban J connectivity index is 2.80. The van der Waals surface area contributed by atoms with E-state index in [2.05, 4.69) is 25.2 Å². The molecule has 0 radical (unpaired) electrons. The number of carbonyl (C=O) groups is 1. The first kappa shape index (κ1) is 14.5. The van der Waals surface area contributed by atoms with Crippen LogP contribution in [0.2, 0.25) is 0 Å². The summed E-state index contributed by atoms with van der Waals surface area (Å²) in [6, 6.07) is -0.121. The summed E-state index contributed by atoms with van der Waals surface area (Å²) in [4.78, 5) is 15.9. The molecule has 1 aromatic rings. The van der Waals surface area contributed by atoms with Gasteiger partial charge in [0.1, 0.15) is 0 Å². The Kier molecular flexibility index (Phi) is 4.31. The van der Waals surface area contributed by atoms with Crippen molar-refractivity contribution in [2.24, 2.45) is 0 Å². The van der Waals surface area contributed by atoms with E-state index in [1.165, 1.54) is 0 Å². The molecule has 0 aliphatic rings. The third-order valence-electron chi connectivity index (χ3n) is 3.25. The highest BCUT2D eigenvalue weighted by Gasteiger charge is 2.28. The summed E-state index contributed by atoms with van der Waals surface area (Å²) in [7, 11) is 1.82. The van der Waals surface area contributed by atoms with Gasteiger partial charge in [-0.25, -0.2) is 0 Å². The normalized spacial score (nSPS) is 13.2. The smallest absolute Gasteiger partial charge is 0.346 e. The lowest BCUT2D eigenvalue weighted by molar-refractivity contribution is -0.158. The lowest BCUT2D eigenvalue weighted by Crippen LogP contribution is -2.54. The van der Waals surface area contributed by atoms with Gasteiger partial charge < -0.3 is 15.2 Å². The zero-order chi connectivity index (χ0) is 13.9. The largest absolute Gasteiger partial charge is 0.350 e. The Labute approximate surface area is 105 Å². The molecule has 1 unspecified atom stereocenters. The summed E-state index contributed by atoms with van der Waals surface area (Å²) in [5, 5.41) is 18.0. The van der Waals surface area contributed by atoms with Crippen molar-refractivity contribution in [1.82, 2.24) is 15.8 Å². The minimum atomic E-state index is -0.379. The number of nitrogens with one attached hydrogen (secondary N) is 2. The Morgan fingerprint density at radius 2 is 2.17 bits per heavy atom. The predicted octanol–water partition coefficient (Wildman–Crippen LogP) is 0.951. The zero-order valence-electron chi connectivity index (χ0n) is 11.2. The van der Waals surface area contributed by atoms with E-state index in [4.69, 9.17) is 5.26 Å². The molecule has 7 nitrogen and oxygen atoms in total. The molecule has 0 aliphatic heterocycles. The SMILES string of the molecule is CNC(C)(C)C(C)NC(=O)c1noc(OO)c1C. The maximum atomic E-state index is 12.0. The maximum absolute atomic E-state index is 12.0. The van der Waals surface area contributed by atoms with Gasteiger partial charge >= 0.3 is 5.95 Å². The number of hydrogen-bond acceptors (Lipinski definition) is 6. The highest BCUT2D eigenvalue weighted by Crippen LogP contribution is 2.20. The molecule has 0 aromatic carbocycles. The lowest BCUT2D eigenvalue weighted by atomic mass is 9.96. The predicted molar refractivity (Wildman–Crippen MR) is 64.6 cm³/mol. The third-order valence-corrected chi connectivity index (χ3v) is 3.25. The van der Waals surface area contributed by atoms with Crippen molar-refractivity contribution in [1.29, 1.82) is 0 Å². The van der Waals surface area contributed by atoms with Crippen molar-refractivity contribution in [3.05, 3.63) is 11.3 Å². The molecule has 7 heteroatoms. The van der Waals surface area contributed by atoms with E-state index < -0.39 is 0 Å². The van der Waals surface area contributed by atoms with E-state index in [0.717, 1.165) is 0 Å². The van der Waals surface area contributed by atoms with Crippen LogP contribution in [0.3, 0.4) is 0 Å². The van der Waals surface area contributed by atoms with Gasteiger partial charge in [-0.05, 0) is 34.7 Å². The molecule has 1 rings (SSSR count). The molecule has 0 saturated heterocycles. The van der Waals surface area contributed by atoms with Crippen LogP contribution in [0, 0.1) is 6.92 Å². The van der Waals surface area contributed by atoms with Crippen molar-refractivity contribution in [3.8, 4) is 5.95 Å². The molecule has 1 atom stereocenters. The van der Waals surface area contributed by atoms with E-state index in [1.54, 1.807) is 6.92 Å². The monoisotopic (exact) mass is 257 g/mol. The minimum Gasteiger partial charge on any atom is -0.346 e. The molecule has 102 valence electrons. The molecule has 0 saturated carbocycles. The molecule has 0 fully saturated rings. The van der Waals surface area contributed by atoms with Gasteiger partial charge in [0, 0.05) is 11.6 Å². The summed E-state index contributed by atoms with van der Waals surface area (Å²) in [6.07, 6.45) is 0. The third kappa shape index (κ3) is 2.80. The fraction of sp³-hybridized carbons (Fsp3) is 0.636. The molecule has 0 spiro atoms. The molecule has 3 N–H and O–H groups in total. The average molecular weight is 257 g/mol. The van der Waals surface area contributed by atoms with E-state index in [-0.39, 0.29) is 29.1 Å². The standard InChI is InChI=1S/C11H19N3O4/c1-6-8(14-17-10(6)18-16)9(15)13-7(2)11(3,4)12-5/h7,12,16H,1-5H3,(H,13,15). The van der Waals surface area contributed by atoms with Crippen LogP contribution in [0.15, 0.2) is 4.52 Å². The van der Waals surface area contributed by atoms with E-state index in [9.17, 15) is 4.79 Å². The second-order valence-electron chi connectivity index (χ2n) is 4.70. The van der Waals surface area contributed by atoms with Crippen LogP contribution in [0.4, 0.5) is 0 Å². The minimum absolute atomic E-state index is 0.0952. The Hall–Kier alpha value is -1.60. The van der Waals surface area contributed by atoms with Gasteiger partial charge in [-0.3, -0.25) is 9.68 Å². The number of carbonyl (C=O) groups excluding carboxylic acids is 1. The molecule has 1 amide bonds. The van der Waals surface area contributed by atoms with Crippen LogP contribution >= 0.6 is 0 Å². The number of rotatable bonds is 5. The van der Waals surface area contributed by atoms with Gasteiger partial charge in [-0.1, -0.05) is 5.16 Å². The summed E-state index contributed by atoms with van der Waals surface area (Å²) in [5.41, 5.74) is 0.186. The Bertz CT molecular complexity index is 428. The van der Waals surface area contributed by atoms with Crippen molar-refractivity contribution >= 4 is 5.91 Å². The summed E-state index contributed by atoms with van der Waals surface area (Å²) >= 11 is 0. The second-order valence-corrected chi connectivity index (χ2v) is 4.70. The molecule has 1 aromatic heterocycles. The fourth-order valence-electron chi connectivity index (χ4n) is 1.28. The van der Waals surface area contributed by atoms with Gasteiger partial charge in [-0.15, -0.1) is 0 Å². The molecular weight excluding hydrogens is 238 g/mol. The van der Waals surface area contributed by atoms with Crippen LogP contribution < -0.4 is 15.5 Å². The summed E-state index contributed by atoms with van der Waals surface area (Å²) in [5.74, 6) is -0.559. The van der Waals surface area contributed by atoms with Crippen LogP contribution in [0.5, 0.6) is 5.95 Å². The quantitative estimate of drug-likeness (QED) is 0.537. The van der Waals surface area contributed by atoms with Crippen LogP contribution in [-0.4, -0.2) is 34.9 Å². The Morgan fingerprint density at radius 3 is 2.61 bits per heavy atom. The number of likely N-dealkylation sites (N-methyl/N-ethyl adjacent to an activating group) is 1. The van der Waals surface area contributed by atoms with Crippen LogP contribution in [0.25, 0.3) is 0 Å². The second kappa shape index (κ2) is 5.36. The topological polar surface area (TPSA) is 96.6 Å². The van der Waals surface area contributed by atoms with Gasteiger partial charge in [0.15, 0.2) is 5.69 Å². The van der Waals surface area contributed by atoms with Crippen molar-refractivity contribution < 1.29 is 19.5 Å².